The lowest BCUT2D eigenvalue weighted by Crippen LogP contribution is -2.37. The van der Waals surface area contributed by atoms with Gasteiger partial charge in [-0.2, -0.15) is 0 Å². The molecule has 108 valence electrons. The zero-order valence-electron chi connectivity index (χ0n) is 11.1. The second-order valence-electron chi connectivity index (χ2n) is 5.14. The molecule has 1 saturated carbocycles. The Morgan fingerprint density at radius 3 is 2.84 bits per heavy atom. The van der Waals surface area contributed by atoms with E-state index in [0.29, 0.717) is 15.0 Å². The van der Waals surface area contributed by atoms with E-state index in [0.717, 1.165) is 37.0 Å². The monoisotopic (exact) mass is 303 g/mol. The Hall–Kier alpha value is -0.430. The van der Waals surface area contributed by atoms with Crippen LogP contribution in [0.4, 0.5) is 0 Å². The summed E-state index contributed by atoms with van der Waals surface area (Å²) >= 11 is 1.13. The summed E-state index contributed by atoms with van der Waals surface area (Å²) < 4.78 is 27.6. The van der Waals surface area contributed by atoms with Crippen molar-refractivity contribution in [1.29, 1.82) is 0 Å². The zero-order valence-corrected chi connectivity index (χ0v) is 12.8. The second kappa shape index (κ2) is 6.35. The Labute approximate surface area is 118 Å². The van der Waals surface area contributed by atoms with E-state index in [1.807, 2.05) is 0 Å². The average Bonchev–Trinajstić information content (AvgIpc) is 2.88. The molecule has 0 aromatic carbocycles. The zero-order chi connectivity index (χ0) is 13.9. The fourth-order valence-electron chi connectivity index (χ4n) is 2.63. The van der Waals surface area contributed by atoms with E-state index >= 15 is 0 Å². The minimum atomic E-state index is -3.42. The van der Waals surface area contributed by atoms with Crippen molar-refractivity contribution in [2.75, 3.05) is 0 Å². The van der Waals surface area contributed by atoms with Crippen molar-refractivity contribution in [2.45, 2.75) is 55.9 Å². The van der Waals surface area contributed by atoms with E-state index in [1.54, 1.807) is 12.1 Å². The molecular weight excluding hydrogens is 282 g/mol. The molecular formula is C13H21NO3S2. The standard InChI is InChI=1S/C13H21NO3S2/c1-2-10-4-3-5-11(8-10)14-19(16,17)13-7-6-12(9-15)18-13/h6-7,10-11,14-15H,2-5,8-9H2,1H3. The van der Waals surface area contributed by atoms with E-state index in [2.05, 4.69) is 11.6 Å². The first kappa shape index (κ1) is 15.0. The van der Waals surface area contributed by atoms with Gasteiger partial charge in [-0.25, -0.2) is 13.1 Å². The van der Waals surface area contributed by atoms with Gasteiger partial charge in [0.05, 0.1) is 6.61 Å². The molecule has 0 amide bonds. The Balaban J connectivity index is 2.04. The molecule has 2 N–H and O–H groups in total. The van der Waals surface area contributed by atoms with Gasteiger partial charge < -0.3 is 5.11 Å². The lowest BCUT2D eigenvalue weighted by atomic mass is 9.85. The summed E-state index contributed by atoms with van der Waals surface area (Å²) in [5, 5.41) is 9.00. The predicted molar refractivity (Wildman–Crippen MR) is 76.6 cm³/mol. The van der Waals surface area contributed by atoms with Crippen molar-refractivity contribution >= 4 is 21.4 Å². The van der Waals surface area contributed by atoms with Crippen LogP contribution in [0, 0.1) is 5.92 Å². The number of hydrogen-bond donors (Lipinski definition) is 2. The molecule has 19 heavy (non-hydrogen) atoms. The Morgan fingerprint density at radius 2 is 2.21 bits per heavy atom. The van der Waals surface area contributed by atoms with Crippen LogP contribution in [0.1, 0.15) is 43.9 Å². The largest absolute Gasteiger partial charge is 0.391 e. The Kier molecular flexibility index (Phi) is 5.00. The summed E-state index contributed by atoms with van der Waals surface area (Å²) in [5.74, 6) is 0.637. The van der Waals surface area contributed by atoms with Gasteiger partial charge in [-0.3, -0.25) is 0 Å². The molecule has 0 aliphatic heterocycles. The third-order valence-electron chi connectivity index (χ3n) is 3.74. The average molecular weight is 303 g/mol. The molecule has 0 bridgehead atoms. The summed E-state index contributed by atoms with van der Waals surface area (Å²) in [4.78, 5) is 0.676. The molecule has 1 aliphatic rings. The van der Waals surface area contributed by atoms with Crippen LogP contribution in [-0.4, -0.2) is 19.6 Å². The van der Waals surface area contributed by atoms with Crippen LogP contribution in [0.15, 0.2) is 16.3 Å². The van der Waals surface area contributed by atoms with Gasteiger partial charge in [0, 0.05) is 10.9 Å². The highest BCUT2D eigenvalue weighted by Crippen LogP contribution is 2.28. The molecule has 1 aliphatic carbocycles. The molecule has 2 rings (SSSR count). The molecule has 6 heteroatoms. The van der Waals surface area contributed by atoms with Crippen LogP contribution in [0.3, 0.4) is 0 Å². The lowest BCUT2D eigenvalue weighted by molar-refractivity contribution is 0.285. The lowest BCUT2D eigenvalue weighted by Gasteiger charge is -2.28. The van der Waals surface area contributed by atoms with Gasteiger partial charge in [-0.05, 0) is 30.9 Å². The normalized spacial score (nSPS) is 24.5. The molecule has 1 aromatic heterocycles. The minimum Gasteiger partial charge on any atom is -0.391 e. The molecule has 1 heterocycles. The van der Waals surface area contributed by atoms with Crippen molar-refractivity contribution in [3.63, 3.8) is 0 Å². The van der Waals surface area contributed by atoms with Crippen molar-refractivity contribution in [2.24, 2.45) is 5.92 Å². The van der Waals surface area contributed by atoms with Gasteiger partial charge in [-0.15, -0.1) is 11.3 Å². The first-order chi connectivity index (χ1) is 9.05. The fourth-order valence-corrected chi connectivity index (χ4v) is 5.15. The van der Waals surface area contributed by atoms with Crippen molar-refractivity contribution in [1.82, 2.24) is 4.72 Å². The molecule has 1 aromatic rings. The van der Waals surface area contributed by atoms with Gasteiger partial charge in [0.2, 0.25) is 10.0 Å². The fraction of sp³-hybridized carbons (Fsp3) is 0.692. The highest BCUT2D eigenvalue weighted by molar-refractivity contribution is 7.91. The van der Waals surface area contributed by atoms with Gasteiger partial charge in [0.1, 0.15) is 4.21 Å². The van der Waals surface area contributed by atoms with Crippen LogP contribution >= 0.6 is 11.3 Å². The number of thiophene rings is 1. The maximum Gasteiger partial charge on any atom is 0.250 e. The smallest absolute Gasteiger partial charge is 0.250 e. The molecule has 0 saturated heterocycles. The predicted octanol–water partition coefficient (Wildman–Crippen LogP) is 2.49. The van der Waals surface area contributed by atoms with Crippen LogP contribution in [0.25, 0.3) is 0 Å². The third kappa shape index (κ3) is 3.78. The maximum atomic E-state index is 12.2. The van der Waals surface area contributed by atoms with Crippen LogP contribution in [0.5, 0.6) is 0 Å². The van der Waals surface area contributed by atoms with Crippen molar-refractivity contribution in [3.05, 3.63) is 17.0 Å². The minimum absolute atomic E-state index is 0.0587. The quantitative estimate of drug-likeness (QED) is 0.878. The van der Waals surface area contributed by atoms with Crippen LogP contribution in [-0.2, 0) is 16.6 Å². The molecule has 0 radical (unpaired) electrons. The highest BCUT2D eigenvalue weighted by atomic mass is 32.2. The summed E-state index contributed by atoms with van der Waals surface area (Å²) in [6, 6.07) is 3.29. The molecule has 4 nitrogen and oxygen atoms in total. The van der Waals surface area contributed by atoms with Gasteiger partial charge in [-0.1, -0.05) is 26.2 Å². The van der Waals surface area contributed by atoms with E-state index in [1.165, 1.54) is 6.42 Å². The van der Waals surface area contributed by atoms with Gasteiger partial charge >= 0.3 is 0 Å². The number of rotatable bonds is 5. The summed E-state index contributed by atoms with van der Waals surface area (Å²) in [6.07, 6.45) is 5.29. The SMILES string of the molecule is CCC1CCCC(NS(=O)(=O)c2ccc(CO)s2)C1. The number of sulfonamides is 1. The molecule has 0 spiro atoms. The van der Waals surface area contributed by atoms with E-state index in [4.69, 9.17) is 5.11 Å². The topological polar surface area (TPSA) is 66.4 Å². The molecule has 2 unspecified atom stereocenters. The second-order valence-corrected chi connectivity index (χ2v) is 8.25. The number of nitrogens with one attached hydrogen (secondary N) is 1. The summed E-state index contributed by atoms with van der Waals surface area (Å²) in [7, 11) is -3.42. The number of aliphatic hydroxyl groups excluding tert-OH is 1. The third-order valence-corrected chi connectivity index (χ3v) is 6.82. The van der Waals surface area contributed by atoms with Crippen molar-refractivity contribution in [3.8, 4) is 0 Å². The number of aliphatic hydroxyl groups is 1. The van der Waals surface area contributed by atoms with Crippen LogP contribution in [0.2, 0.25) is 0 Å². The summed E-state index contributed by atoms with van der Waals surface area (Å²) in [5.41, 5.74) is 0. The first-order valence-electron chi connectivity index (χ1n) is 6.77. The highest BCUT2D eigenvalue weighted by Gasteiger charge is 2.26. The molecule has 1 fully saturated rings. The number of hydrogen-bond acceptors (Lipinski definition) is 4. The summed E-state index contributed by atoms with van der Waals surface area (Å²) in [6.45, 7) is 2.05. The van der Waals surface area contributed by atoms with E-state index in [-0.39, 0.29) is 12.6 Å². The van der Waals surface area contributed by atoms with E-state index in [9.17, 15) is 8.42 Å². The first-order valence-corrected chi connectivity index (χ1v) is 9.07. The molecule has 2 atom stereocenters. The maximum absolute atomic E-state index is 12.2. The van der Waals surface area contributed by atoms with E-state index < -0.39 is 10.0 Å². The Morgan fingerprint density at radius 1 is 1.42 bits per heavy atom. The Bertz CT molecular complexity index is 510. The van der Waals surface area contributed by atoms with Gasteiger partial charge in [0.15, 0.2) is 0 Å². The van der Waals surface area contributed by atoms with Crippen LogP contribution < -0.4 is 4.72 Å². The van der Waals surface area contributed by atoms with Gasteiger partial charge in [0.25, 0.3) is 0 Å². The van der Waals surface area contributed by atoms with Crippen molar-refractivity contribution < 1.29 is 13.5 Å².